The third-order valence-corrected chi connectivity index (χ3v) is 3.87. The first-order valence-electron chi connectivity index (χ1n) is 7.22. The molecule has 2 heterocycles. The van der Waals surface area contributed by atoms with Crippen LogP contribution in [0.3, 0.4) is 0 Å². The molecule has 1 saturated carbocycles. The first kappa shape index (κ1) is 13.6. The van der Waals surface area contributed by atoms with E-state index in [0.717, 1.165) is 18.0 Å². The normalized spacial score (nSPS) is 14.7. The van der Waals surface area contributed by atoms with Crippen LogP contribution in [0.2, 0.25) is 0 Å². The molecule has 0 aromatic carbocycles. The fourth-order valence-corrected chi connectivity index (χ4v) is 2.41. The van der Waals surface area contributed by atoms with Crippen LogP contribution >= 0.6 is 0 Å². The second-order valence-electron chi connectivity index (χ2n) is 5.52. The van der Waals surface area contributed by atoms with E-state index in [4.69, 9.17) is 5.73 Å². The van der Waals surface area contributed by atoms with E-state index in [0.29, 0.717) is 17.9 Å². The van der Waals surface area contributed by atoms with E-state index in [9.17, 15) is 4.79 Å². The minimum atomic E-state index is -0.450. The zero-order chi connectivity index (χ0) is 14.7. The average Bonchev–Trinajstić information content (AvgIpc) is 2.89. The molecule has 0 saturated heterocycles. The number of hydrogen-bond acceptors (Lipinski definition) is 4. The molecule has 0 aliphatic heterocycles. The van der Waals surface area contributed by atoms with Gasteiger partial charge in [-0.2, -0.15) is 5.10 Å². The Hall–Kier alpha value is -2.37. The molecule has 1 amide bonds. The van der Waals surface area contributed by atoms with E-state index in [1.807, 2.05) is 10.9 Å². The molecule has 0 radical (unpaired) electrons. The molecule has 0 atom stereocenters. The van der Waals surface area contributed by atoms with Gasteiger partial charge in [-0.1, -0.05) is 6.42 Å². The summed E-state index contributed by atoms with van der Waals surface area (Å²) in [5.41, 5.74) is 6.80. The number of primary amides is 1. The highest BCUT2D eigenvalue weighted by molar-refractivity contribution is 5.93. The van der Waals surface area contributed by atoms with Crippen molar-refractivity contribution in [1.29, 1.82) is 0 Å². The predicted octanol–water partition coefficient (Wildman–Crippen LogP) is 1.79. The fraction of sp³-hybridized carbons (Fsp3) is 0.400. The predicted molar refractivity (Wildman–Crippen MR) is 79.6 cm³/mol. The van der Waals surface area contributed by atoms with Crippen LogP contribution in [0.25, 0.3) is 0 Å². The monoisotopic (exact) mass is 285 g/mol. The highest BCUT2D eigenvalue weighted by Gasteiger charge is 2.18. The average molecular weight is 285 g/mol. The molecular formula is C15H19N5O. The van der Waals surface area contributed by atoms with Crippen LogP contribution in [0.15, 0.2) is 30.7 Å². The summed E-state index contributed by atoms with van der Waals surface area (Å²) in [5, 5.41) is 7.56. The SMILES string of the molecule is NC(=O)c1ccnc(NCc2cnn(CC3CCC3)c2)c1. The van der Waals surface area contributed by atoms with Crippen molar-refractivity contribution in [3.05, 3.63) is 41.9 Å². The smallest absolute Gasteiger partial charge is 0.248 e. The fourth-order valence-electron chi connectivity index (χ4n) is 2.41. The number of carbonyl (C=O) groups is 1. The van der Waals surface area contributed by atoms with E-state index < -0.39 is 5.91 Å². The van der Waals surface area contributed by atoms with Crippen LogP contribution in [0.4, 0.5) is 5.82 Å². The second-order valence-corrected chi connectivity index (χ2v) is 5.52. The number of amides is 1. The highest BCUT2D eigenvalue weighted by Crippen LogP contribution is 2.27. The quantitative estimate of drug-likeness (QED) is 0.847. The number of hydrogen-bond donors (Lipinski definition) is 2. The molecule has 1 aliphatic rings. The number of nitrogens with zero attached hydrogens (tertiary/aromatic N) is 3. The summed E-state index contributed by atoms with van der Waals surface area (Å²) in [5.74, 6) is 0.978. The van der Waals surface area contributed by atoms with Crippen LogP contribution in [-0.2, 0) is 13.1 Å². The lowest BCUT2D eigenvalue weighted by atomic mass is 9.85. The van der Waals surface area contributed by atoms with Crippen LogP contribution in [0.1, 0.15) is 35.2 Å². The minimum Gasteiger partial charge on any atom is -0.366 e. The molecule has 2 aromatic rings. The summed E-state index contributed by atoms with van der Waals surface area (Å²) < 4.78 is 2.01. The Kier molecular flexibility index (Phi) is 3.85. The highest BCUT2D eigenvalue weighted by atomic mass is 16.1. The summed E-state index contributed by atoms with van der Waals surface area (Å²) in [7, 11) is 0. The van der Waals surface area contributed by atoms with Crippen LogP contribution in [0, 0.1) is 5.92 Å². The van der Waals surface area contributed by atoms with E-state index in [1.54, 1.807) is 18.3 Å². The maximum absolute atomic E-state index is 11.1. The van der Waals surface area contributed by atoms with Crippen LogP contribution in [0.5, 0.6) is 0 Å². The number of pyridine rings is 1. The Bertz CT molecular complexity index is 632. The third-order valence-electron chi connectivity index (χ3n) is 3.87. The number of nitrogens with one attached hydrogen (secondary N) is 1. The van der Waals surface area contributed by atoms with E-state index in [1.165, 1.54) is 19.3 Å². The zero-order valence-electron chi connectivity index (χ0n) is 11.8. The van der Waals surface area contributed by atoms with Gasteiger partial charge in [0.25, 0.3) is 0 Å². The number of aromatic nitrogens is 3. The van der Waals surface area contributed by atoms with Crippen molar-refractivity contribution >= 4 is 11.7 Å². The summed E-state index contributed by atoms with van der Waals surface area (Å²) >= 11 is 0. The number of carbonyl (C=O) groups excluding carboxylic acids is 1. The van der Waals surface area contributed by atoms with Gasteiger partial charge in [-0.3, -0.25) is 9.48 Å². The van der Waals surface area contributed by atoms with Crippen molar-refractivity contribution in [2.75, 3.05) is 5.32 Å². The third kappa shape index (κ3) is 3.39. The van der Waals surface area contributed by atoms with Gasteiger partial charge in [0, 0.05) is 36.6 Å². The van der Waals surface area contributed by atoms with Crippen molar-refractivity contribution in [3.63, 3.8) is 0 Å². The van der Waals surface area contributed by atoms with Gasteiger partial charge >= 0.3 is 0 Å². The van der Waals surface area contributed by atoms with Gasteiger partial charge in [0.1, 0.15) is 5.82 Å². The molecule has 6 nitrogen and oxygen atoms in total. The lowest BCUT2D eigenvalue weighted by Gasteiger charge is -2.24. The molecule has 2 aromatic heterocycles. The Morgan fingerprint density at radius 1 is 1.48 bits per heavy atom. The van der Waals surface area contributed by atoms with Crippen molar-refractivity contribution in [2.24, 2.45) is 11.7 Å². The maximum atomic E-state index is 11.1. The summed E-state index contributed by atoms with van der Waals surface area (Å²) in [4.78, 5) is 15.3. The van der Waals surface area contributed by atoms with Gasteiger partial charge < -0.3 is 11.1 Å². The first-order valence-corrected chi connectivity index (χ1v) is 7.22. The van der Waals surface area contributed by atoms with Gasteiger partial charge in [-0.15, -0.1) is 0 Å². The van der Waals surface area contributed by atoms with Crippen molar-refractivity contribution in [3.8, 4) is 0 Å². The lowest BCUT2D eigenvalue weighted by molar-refractivity contribution is 0.1000. The van der Waals surface area contributed by atoms with Gasteiger partial charge in [-0.25, -0.2) is 4.98 Å². The van der Waals surface area contributed by atoms with Crippen LogP contribution in [-0.4, -0.2) is 20.7 Å². The van der Waals surface area contributed by atoms with Gasteiger partial charge in [0.2, 0.25) is 5.91 Å². The molecule has 110 valence electrons. The van der Waals surface area contributed by atoms with Gasteiger partial charge in [0.05, 0.1) is 6.20 Å². The summed E-state index contributed by atoms with van der Waals surface area (Å²) in [6.07, 6.45) is 9.48. The summed E-state index contributed by atoms with van der Waals surface area (Å²) in [6.45, 7) is 1.63. The van der Waals surface area contributed by atoms with Gasteiger partial charge in [0.15, 0.2) is 0 Å². The molecule has 0 unspecified atom stereocenters. The Balaban J connectivity index is 1.57. The second kappa shape index (κ2) is 5.95. The zero-order valence-corrected chi connectivity index (χ0v) is 11.8. The van der Waals surface area contributed by atoms with E-state index in [2.05, 4.69) is 21.6 Å². The molecule has 3 rings (SSSR count). The molecule has 1 aliphatic carbocycles. The van der Waals surface area contributed by atoms with Crippen molar-refractivity contribution in [1.82, 2.24) is 14.8 Å². The lowest BCUT2D eigenvalue weighted by Crippen LogP contribution is -2.18. The molecule has 3 N–H and O–H groups in total. The number of nitrogens with two attached hydrogens (primary N) is 1. The van der Waals surface area contributed by atoms with E-state index in [-0.39, 0.29) is 0 Å². The van der Waals surface area contributed by atoms with Crippen molar-refractivity contribution < 1.29 is 4.79 Å². The van der Waals surface area contributed by atoms with Gasteiger partial charge in [-0.05, 0) is 30.9 Å². The molecule has 0 spiro atoms. The molecular weight excluding hydrogens is 266 g/mol. The van der Waals surface area contributed by atoms with E-state index >= 15 is 0 Å². The van der Waals surface area contributed by atoms with Crippen molar-refractivity contribution in [2.45, 2.75) is 32.4 Å². The molecule has 0 bridgehead atoms. The largest absolute Gasteiger partial charge is 0.366 e. The Labute approximate surface area is 123 Å². The summed E-state index contributed by atoms with van der Waals surface area (Å²) in [6, 6.07) is 3.26. The maximum Gasteiger partial charge on any atom is 0.248 e. The van der Waals surface area contributed by atoms with Crippen LogP contribution < -0.4 is 11.1 Å². The minimum absolute atomic E-state index is 0.450. The standard InChI is InChI=1S/C15H19N5O/c16-15(21)13-4-5-17-14(6-13)18-7-12-8-19-20(10-12)9-11-2-1-3-11/h4-6,8,10-11H,1-3,7,9H2,(H2,16,21)(H,17,18). The first-order chi connectivity index (χ1) is 10.2. The Morgan fingerprint density at radius 3 is 3.05 bits per heavy atom. The molecule has 1 fully saturated rings. The number of rotatable bonds is 6. The molecule has 6 heteroatoms. The molecule has 21 heavy (non-hydrogen) atoms. The number of anilines is 1. The topological polar surface area (TPSA) is 85.8 Å². The Morgan fingerprint density at radius 2 is 2.33 bits per heavy atom.